The monoisotopic (exact) mass is 449 g/mol. The average molecular weight is 450 g/mol. The number of aryl methyl sites for hydroxylation is 2. The van der Waals surface area contributed by atoms with E-state index in [4.69, 9.17) is 0 Å². The molecule has 0 saturated heterocycles. The minimum atomic E-state index is 0.341. The van der Waals surface area contributed by atoms with Crippen LogP contribution in [-0.2, 0) is 12.8 Å². The second kappa shape index (κ2) is 14.0. The molecule has 2 aromatic carbocycles. The summed E-state index contributed by atoms with van der Waals surface area (Å²) in [6.07, 6.45) is 18.6. The maximum atomic E-state index is 11.1. The zero-order valence-corrected chi connectivity index (χ0v) is 20.9. The van der Waals surface area contributed by atoms with Crippen molar-refractivity contribution in [2.24, 2.45) is 0 Å². The summed E-state index contributed by atoms with van der Waals surface area (Å²) in [6.45, 7) is 4.52. The van der Waals surface area contributed by atoms with Crippen molar-refractivity contribution in [2.75, 3.05) is 0 Å². The molecule has 0 amide bonds. The van der Waals surface area contributed by atoms with Crippen LogP contribution in [0.25, 0.3) is 16.7 Å². The van der Waals surface area contributed by atoms with Crippen molar-refractivity contribution in [2.45, 2.75) is 110 Å². The molecule has 1 N–H and O–H groups in total. The van der Waals surface area contributed by atoms with E-state index in [1.165, 1.54) is 82.6 Å². The van der Waals surface area contributed by atoms with Gasteiger partial charge in [0.2, 0.25) is 0 Å². The lowest BCUT2D eigenvalue weighted by Crippen LogP contribution is -2.03. The van der Waals surface area contributed by atoms with Crippen LogP contribution >= 0.6 is 0 Å². The van der Waals surface area contributed by atoms with E-state index in [0.717, 1.165) is 35.9 Å². The SMILES string of the molecule is CCCCCCCCCc1cc(CCCCCCCC)cc(-n2nc3ccccc3n2)c1O. The minimum absolute atomic E-state index is 0.341. The Labute approximate surface area is 200 Å². The number of phenols is 1. The molecule has 0 atom stereocenters. The Morgan fingerprint density at radius 2 is 1.18 bits per heavy atom. The van der Waals surface area contributed by atoms with Gasteiger partial charge in [-0.1, -0.05) is 103 Å². The van der Waals surface area contributed by atoms with Crippen molar-refractivity contribution in [3.8, 4) is 11.4 Å². The molecule has 0 unspecified atom stereocenters. The quantitative estimate of drug-likeness (QED) is 0.224. The van der Waals surface area contributed by atoms with Crippen LogP contribution < -0.4 is 0 Å². The topological polar surface area (TPSA) is 50.9 Å². The Bertz CT molecular complexity index is 930. The first-order valence-electron chi connectivity index (χ1n) is 13.4. The van der Waals surface area contributed by atoms with Gasteiger partial charge in [0.25, 0.3) is 0 Å². The highest BCUT2D eigenvalue weighted by Gasteiger charge is 2.14. The molecule has 0 saturated carbocycles. The molecule has 33 heavy (non-hydrogen) atoms. The highest BCUT2D eigenvalue weighted by molar-refractivity contribution is 5.73. The van der Waals surface area contributed by atoms with E-state index in [1.807, 2.05) is 24.3 Å². The molecule has 0 fully saturated rings. The van der Waals surface area contributed by atoms with E-state index in [2.05, 4.69) is 36.2 Å². The van der Waals surface area contributed by atoms with Gasteiger partial charge in [-0.2, -0.15) is 0 Å². The smallest absolute Gasteiger partial charge is 0.146 e. The van der Waals surface area contributed by atoms with E-state index < -0.39 is 0 Å². The van der Waals surface area contributed by atoms with Gasteiger partial charge in [0.15, 0.2) is 0 Å². The van der Waals surface area contributed by atoms with Gasteiger partial charge in [0.1, 0.15) is 22.5 Å². The average Bonchev–Trinajstić information content (AvgIpc) is 3.26. The van der Waals surface area contributed by atoms with E-state index in [-0.39, 0.29) is 0 Å². The van der Waals surface area contributed by atoms with Gasteiger partial charge in [-0.05, 0) is 55.0 Å². The first kappa shape index (κ1) is 25.3. The van der Waals surface area contributed by atoms with E-state index >= 15 is 0 Å². The van der Waals surface area contributed by atoms with Crippen molar-refractivity contribution in [1.82, 2.24) is 15.0 Å². The lowest BCUT2D eigenvalue weighted by molar-refractivity contribution is 0.458. The number of phenolic OH excluding ortho intramolecular Hbond substituents is 1. The molecule has 0 aliphatic rings. The third-order valence-electron chi connectivity index (χ3n) is 6.60. The molecule has 1 heterocycles. The predicted molar refractivity (Wildman–Crippen MR) is 139 cm³/mol. The van der Waals surface area contributed by atoms with Crippen LogP contribution in [0.4, 0.5) is 0 Å². The molecule has 4 nitrogen and oxygen atoms in total. The van der Waals surface area contributed by atoms with Crippen LogP contribution in [0.3, 0.4) is 0 Å². The molecule has 4 heteroatoms. The summed E-state index contributed by atoms with van der Waals surface area (Å²) in [5.74, 6) is 0.341. The lowest BCUT2D eigenvalue weighted by Gasteiger charge is -2.13. The molecule has 0 spiro atoms. The van der Waals surface area contributed by atoms with Crippen LogP contribution in [0.1, 0.15) is 108 Å². The van der Waals surface area contributed by atoms with Gasteiger partial charge in [-0.3, -0.25) is 0 Å². The number of hydrogen-bond donors (Lipinski definition) is 1. The number of aromatic hydroxyl groups is 1. The number of aromatic nitrogens is 3. The van der Waals surface area contributed by atoms with Crippen LogP contribution in [0, 0.1) is 0 Å². The lowest BCUT2D eigenvalue weighted by atomic mass is 9.98. The number of hydrogen-bond acceptors (Lipinski definition) is 3. The highest BCUT2D eigenvalue weighted by Crippen LogP contribution is 2.30. The summed E-state index contributed by atoms with van der Waals surface area (Å²) in [4.78, 5) is 1.62. The molecular formula is C29H43N3O. The molecular weight excluding hydrogens is 406 g/mol. The van der Waals surface area contributed by atoms with E-state index in [1.54, 1.807) is 4.80 Å². The Hall–Kier alpha value is -2.36. The largest absolute Gasteiger partial charge is 0.505 e. The third kappa shape index (κ3) is 7.87. The van der Waals surface area contributed by atoms with Gasteiger partial charge in [0, 0.05) is 0 Å². The van der Waals surface area contributed by atoms with Crippen LogP contribution in [0.2, 0.25) is 0 Å². The van der Waals surface area contributed by atoms with E-state index in [0.29, 0.717) is 11.4 Å². The molecule has 3 rings (SSSR count). The van der Waals surface area contributed by atoms with Gasteiger partial charge < -0.3 is 5.11 Å². The maximum Gasteiger partial charge on any atom is 0.146 e. The first-order valence-corrected chi connectivity index (χ1v) is 13.4. The highest BCUT2D eigenvalue weighted by atomic mass is 16.3. The molecule has 0 aliphatic heterocycles. The maximum absolute atomic E-state index is 11.1. The number of nitrogens with zero attached hydrogens (tertiary/aromatic N) is 3. The number of fused-ring (bicyclic) bond motifs is 1. The Kier molecular flexibility index (Phi) is 10.7. The summed E-state index contributed by atoms with van der Waals surface area (Å²) in [5, 5.41) is 20.4. The summed E-state index contributed by atoms with van der Waals surface area (Å²) in [5.41, 5.74) is 4.76. The molecule has 3 aromatic rings. The molecule has 180 valence electrons. The van der Waals surface area contributed by atoms with Gasteiger partial charge in [-0.25, -0.2) is 0 Å². The second-order valence-electron chi connectivity index (χ2n) is 9.49. The fourth-order valence-electron chi connectivity index (χ4n) is 4.58. The molecule has 0 aliphatic carbocycles. The second-order valence-corrected chi connectivity index (χ2v) is 9.49. The van der Waals surface area contributed by atoms with Gasteiger partial charge in [-0.15, -0.1) is 15.0 Å². The van der Waals surface area contributed by atoms with E-state index in [9.17, 15) is 5.11 Å². The normalized spacial score (nSPS) is 11.5. The van der Waals surface area contributed by atoms with Crippen molar-refractivity contribution < 1.29 is 5.11 Å². The summed E-state index contributed by atoms with van der Waals surface area (Å²) in [7, 11) is 0. The Morgan fingerprint density at radius 3 is 1.76 bits per heavy atom. The molecule has 0 bridgehead atoms. The zero-order chi connectivity index (χ0) is 23.3. The summed E-state index contributed by atoms with van der Waals surface area (Å²) in [6, 6.07) is 12.2. The zero-order valence-electron chi connectivity index (χ0n) is 20.9. The summed E-state index contributed by atoms with van der Waals surface area (Å²) >= 11 is 0. The third-order valence-corrected chi connectivity index (χ3v) is 6.60. The standard InChI is InChI=1S/C29H43N3O/c1-3-5-7-9-11-13-15-19-25-22-24(18-14-12-10-8-6-4-2)23-28(29(25)33)32-30-26-20-16-17-21-27(26)31-32/h16-17,20-23,33H,3-15,18-19H2,1-2H3. The van der Waals surface area contributed by atoms with Crippen molar-refractivity contribution >= 4 is 11.0 Å². The van der Waals surface area contributed by atoms with Crippen LogP contribution in [0.15, 0.2) is 36.4 Å². The Morgan fingerprint density at radius 1 is 0.667 bits per heavy atom. The number of benzene rings is 2. The summed E-state index contributed by atoms with van der Waals surface area (Å²) < 4.78 is 0. The van der Waals surface area contributed by atoms with Crippen molar-refractivity contribution in [1.29, 1.82) is 0 Å². The predicted octanol–water partition coefficient (Wildman–Crippen LogP) is 8.32. The van der Waals surface area contributed by atoms with Crippen molar-refractivity contribution in [3.63, 3.8) is 0 Å². The molecule has 0 radical (unpaired) electrons. The fraction of sp³-hybridized carbons (Fsp3) is 0.586. The number of unbranched alkanes of at least 4 members (excludes halogenated alkanes) is 11. The van der Waals surface area contributed by atoms with Crippen molar-refractivity contribution in [3.05, 3.63) is 47.5 Å². The molecule has 1 aromatic heterocycles. The van der Waals surface area contributed by atoms with Crippen LogP contribution in [-0.4, -0.2) is 20.1 Å². The Balaban J connectivity index is 1.70. The minimum Gasteiger partial charge on any atom is -0.505 e. The fourth-order valence-corrected chi connectivity index (χ4v) is 4.58. The first-order chi connectivity index (χ1) is 16.2. The number of rotatable bonds is 16. The van der Waals surface area contributed by atoms with Gasteiger partial charge in [0.05, 0.1) is 0 Å². The van der Waals surface area contributed by atoms with Gasteiger partial charge >= 0.3 is 0 Å². The van der Waals surface area contributed by atoms with Crippen LogP contribution in [0.5, 0.6) is 5.75 Å².